The van der Waals surface area contributed by atoms with E-state index in [0.29, 0.717) is 6.04 Å². The highest BCUT2D eigenvalue weighted by atomic mass is 79.9. The molecule has 0 amide bonds. The molecular formula is C17H28BrNS. The van der Waals surface area contributed by atoms with E-state index in [9.17, 15) is 0 Å². The van der Waals surface area contributed by atoms with E-state index in [4.69, 9.17) is 5.73 Å². The van der Waals surface area contributed by atoms with E-state index < -0.39 is 0 Å². The van der Waals surface area contributed by atoms with Crippen molar-refractivity contribution in [2.24, 2.45) is 5.73 Å². The maximum atomic E-state index is 6.19. The number of halogens is 1. The van der Waals surface area contributed by atoms with E-state index in [2.05, 4.69) is 47.1 Å². The summed E-state index contributed by atoms with van der Waals surface area (Å²) in [5.41, 5.74) is 6.19. The standard InChI is InChI=1S/C17H28BrNS/c1-2-3-4-5-6-7-8-11-16(19)14-20-17-12-9-10-15(18)13-17/h9-10,12-13,16H,2-8,11,14,19H2,1H3. The van der Waals surface area contributed by atoms with Gasteiger partial charge >= 0.3 is 0 Å². The molecule has 0 aliphatic carbocycles. The molecule has 1 rings (SSSR count). The molecule has 0 aliphatic heterocycles. The lowest BCUT2D eigenvalue weighted by molar-refractivity contribution is 0.549. The number of nitrogens with two attached hydrogens (primary N) is 1. The zero-order chi connectivity index (χ0) is 14.6. The van der Waals surface area contributed by atoms with Gasteiger partial charge in [-0.25, -0.2) is 0 Å². The fraction of sp³-hybridized carbons (Fsp3) is 0.647. The predicted molar refractivity (Wildman–Crippen MR) is 95.5 cm³/mol. The summed E-state index contributed by atoms with van der Waals surface area (Å²) in [5, 5.41) is 0. The molecule has 0 fully saturated rings. The normalized spacial score (nSPS) is 12.6. The molecule has 1 aromatic rings. The molecule has 0 spiro atoms. The second kappa shape index (κ2) is 11.6. The lowest BCUT2D eigenvalue weighted by Crippen LogP contribution is -2.22. The molecule has 0 aliphatic rings. The van der Waals surface area contributed by atoms with Crippen LogP contribution in [0.4, 0.5) is 0 Å². The number of benzene rings is 1. The molecule has 1 unspecified atom stereocenters. The summed E-state index contributed by atoms with van der Waals surface area (Å²) in [6.45, 7) is 2.27. The van der Waals surface area contributed by atoms with Crippen molar-refractivity contribution in [3.63, 3.8) is 0 Å². The van der Waals surface area contributed by atoms with Crippen LogP contribution in [0.2, 0.25) is 0 Å². The minimum absolute atomic E-state index is 0.328. The monoisotopic (exact) mass is 357 g/mol. The SMILES string of the molecule is CCCCCCCCCC(N)CSc1cccc(Br)c1. The lowest BCUT2D eigenvalue weighted by atomic mass is 10.1. The third-order valence-corrected chi connectivity index (χ3v) is 5.11. The Labute approximate surface area is 137 Å². The number of hydrogen-bond donors (Lipinski definition) is 1. The van der Waals surface area contributed by atoms with E-state index >= 15 is 0 Å². The van der Waals surface area contributed by atoms with Crippen LogP contribution in [-0.2, 0) is 0 Å². The second-order valence-corrected chi connectivity index (χ2v) is 7.45. The molecule has 1 aromatic carbocycles. The van der Waals surface area contributed by atoms with Crippen LogP contribution < -0.4 is 5.73 Å². The molecule has 1 atom stereocenters. The molecule has 20 heavy (non-hydrogen) atoms. The van der Waals surface area contributed by atoms with Crippen molar-refractivity contribution < 1.29 is 0 Å². The van der Waals surface area contributed by atoms with E-state index in [1.165, 1.54) is 49.8 Å². The quantitative estimate of drug-likeness (QED) is 0.387. The Morgan fingerprint density at radius 1 is 1.10 bits per heavy atom. The highest BCUT2D eigenvalue weighted by Crippen LogP contribution is 2.23. The molecule has 1 nitrogen and oxygen atoms in total. The van der Waals surface area contributed by atoms with Gasteiger partial charge < -0.3 is 5.73 Å². The third-order valence-electron chi connectivity index (χ3n) is 3.44. The van der Waals surface area contributed by atoms with Gasteiger partial charge in [0.1, 0.15) is 0 Å². The third kappa shape index (κ3) is 9.04. The van der Waals surface area contributed by atoms with E-state index in [1.807, 2.05) is 11.8 Å². The first-order valence-corrected chi connectivity index (χ1v) is 9.64. The number of hydrogen-bond acceptors (Lipinski definition) is 2. The lowest BCUT2D eigenvalue weighted by Gasteiger charge is -2.11. The van der Waals surface area contributed by atoms with Gasteiger partial charge in [0.2, 0.25) is 0 Å². The van der Waals surface area contributed by atoms with Gasteiger partial charge in [0.25, 0.3) is 0 Å². The average molecular weight is 358 g/mol. The first-order valence-electron chi connectivity index (χ1n) is 7.86. The predicted octanol–water partition coefficient (Wildman–Crippen LogP) is 6.01. The second-order valence-electron chi connectivity index (χ2n) is 5.44. The Hall–Kier alpha value is 0.01000. The molecule has 0 aromatic heterocycles. The van der Waals surface area contributed by atoms with Gasteiger partial charge in [-0.1, -0.05) is 73.9 Å². The maximum Gasteiger partial charge on any atom is 0.0186 e. The fourth-order valence-corrected chi connectivity index (χ4v) is 3.72. The molecule has 0 radical (unpaired) electrons. The summed E-state index contributed by atoms with van der Waals surface area (Å²) in [4.78, 5) is 1.30. The van der Waals surface area contributed by atoms with E-state index in [0.717, 1.165) is 16.6 Å². The molecule has 2 N–H and O–H groups in total. The topological polar surface area (TPSA) is 26.0 Å². The molecule has 0 bridgehead atoms. The Morgan fingerprint density at radius 2 is 1.80 bits per heavy atom. The van der Waals surface area contributed by atoms with Crippen LogP contribution in [0.3, 0.4) is 0 Å². The molecular weight excluding hydrogens is 330 g/mol. The Bertz CT molecular complexity index is 357. The largest absolute Gasteiger partial charge is 0.327 e. The number of thioether (sulfide) groups is 1. The van der Waals surface area contributed by atoms with Crippen molar-refractivity contribution >= 4 is 27.7 Å². The fourth-order valence-electron chi connectivity index (χ4n) is 2.21. The average Bonchev–Trinajstić information content (AvgIpc) is 2.44. The van der Waals surface area contributed by atoms with Crippen LogP contribution in [0.15, 0.2) is 33.6 Å². The summed E-state index contributed by atoms with van der Waals surface area (Å²) in [6, 6.07) is 8.77. The van der Waals surface area contributed by atoms with Crippen molar-refractivity contribution in [3.8, 4) is 0 Å². The summed E-state index contributed by atoms with van der Waals surface area (Å²) in [5.74, 6) is 1.02. The van der Waals surface area contributed by atoms with Gasteiger partial charge in [-0.3, -0.25) is 0 Å². The summed E-state index contributed by atoms with van der Waals surface area (Å²) < 4.78 is 1.14. The number of unbranched alkanes of at least 4 members (excludes halogenated alkanes) is 6. The van der Waals surface area contributed by atoms with E-state index in [-0.39, 0.29) is 0 Å². The molecule has 114 valence electrons. The van der Waals surface area contributed by atoms with Gasteiger partial charge in [0, 0.05) is 21.2 Å². The molecule has 0 heterocycles. The summed E-state index contributed by atoms with van der Waals surface area (Å²) >= 11 is 5.36. The molecule has 0 saturated heterocycles. The Morgan fingerprint density at radius 3 is 2.50 bits per heavy atom. The van der Waals surface area contributed by atoms with Gasteiger partial charge in [-0.2, -0.15) is 0 Å². The highest BCUT2D eigenvalue weighted by Gasteiger charge is 2.04. The van der Waals surface area contributed by atoms with Crippen LogP contribution >= 0.6 is 27.7 Å². The zero-order valence-electron chi connectivity index (χ0n) is 12.6. The molecule has 0 saturated carbocycles. The van der Waals surface area contributed by atoms with Gasteiger partial charge in [0.05, 0.1) is 0 Å². The van der Waals surface area contributed by atoms with Crippen molar-refractivity contribution in [2.45, 2.75) is 69.2 Å². The van der Waals surface area contributed by atoms with Crippen LogP contribution in [0.25, 0.3) is 0 Å². The Kier molecular flexibility index (Phi) is 10.5. The minimum Gasteiger partial charge on any atom is -0.327 e. The minimum atomic E-state index is 0.328. The first-order chi connectivity index (χ1) is 9.72. The van der Waals surface area contributed by atoms with Crippen molar-refractivity contribution in [3.05, 3.63) is 28.7 Å². The number of rotatable bonds is 11. The van der Waals surface area contributed by atoms with Gasteiger partial charge in [0.15, 0.2) is 0 Å². The van der Waals surface area contributed by atoms with Crippen LogP contribution in [0.1, 0.15) is 58.3 Å². The van der Waals surface area contributed by atoms with Crippen molar-refractivity contribution in [1.29, 1.82) is 0 Å². The van der Waals surface area contributed by atoms with E-state index in [1.54, 1.807) is 0 Å². The summed E-state index contributed by atoms with van der Waals surface area (Å²) in [6.07, 6.45) is 10.7. The Balaban J connectivity index is 2.01. The zero-order valence-corrected chi connectivity index (χ0v) is 15.0. The highest BCUT2D eigenvalue weighted by molar-refractivity contribution is 9.10. The first kappa shape index (κ1) is 18.1. The maximum absolute atomic E-state index is 6.19. The van der Waals surface area contributed by atoms with Crippen LogP contribution in [-0.4, -0.2) is 11.8 Å². The van der Waals surface area contributed by atoms with Gasteiger partial charge in [-0.05, 0) is 24.6 Å². The van der Waals surface area contributed by atoms with Crippen molar-refractivity contribution in [2.75, 3.05) is 5.75 Å². The molecule has 3 heteroatoms. The summed E-state index contributed by atoms with van der Waals surface area (Å²) in [7, 11) is 0. The van der Waals surface area contributed by atoms with Crippen molar-refractivity contribution in [1.82, 2.24) is 0 Å². The van der Waals surface area contributed by atoms with Crippen LogP contribution in [0, 0.1) is 0 Å². The smallest absolute Gasteiger partial charge is 0.0186 e. The van der Waals surface area contributed by atoms with Crippen LogP contribution in [0.5, 0.6) is 0 Å². The van der Waals surface area contributed by atoms with Gasteiger partial charge in [-0.15, -0.1) is 11.8 Å².